The molecule has 0 bridgehead atoms. The van der Waals surface area contributed by atoms with Crippen LogP contribution >= 0.6 is 11.8 Å². The minimum absolute atomic E-state index is 0.0360. The molecule has 0 aliphatic carbocycles. The molecule has 0 radical (unpaired) electrons. The third-order valence-corrected chi connectivity index (χ3v) is 5.17. The van der Waals surface area contributed by atoms with Gasteiger partial charge in [0.2, 0.25) is 5.91 Å². The second kappa shape index (κ2) is 7.64. The highest BCUT2D eigenvalue weighted by Gasteiger charge is 2.41. The maximum Gasteiger partial charge on any atom is 0.326 e. The molecule has 0 saturated carbocycles. The minimum Gasteiger partial charge on any atom is -0.480 e. The summed E-state index contributed by atoms with van der Waals surface area (Å²) in [5, 5.41) is 9.41. The van der Waals surface area contributed by atoms with Crippen molar-refractivity contribution in [3.63, 3.8) is 0 Å². The lowest BCUT2D eigenvalue weighted by Gasteiger charge is -2.24. The van der Waals surface area contributed by atoms with E-state index in [0.717, 1.165) is 17.3 Å². The van der Waals surface area contributed by atoms with Crippen LogP contribution in [0.5, 0.6) is 0 Å². The monoisotopic (exact) mass is 335 g/mol. The standard InChI is InChI=1S/C17H21NO4S/c1-11(10-23-12(2)19)16(20)18-9-14(8-15(18)17(21)22)13-6-4-3-5-7-13/h3-7,11,14-15H,8-10H2,1-2H3,(H,21,22)/t11?,14-,15-/m0/s1. The van der Waals surface area contributed by atoms with Gasteiger partial charge in [-0.05, 0) is 12.0 Å². The molecule has 124 valence electrons. The summed E-state index contributed by atoms with van der Waals surface area (Å²) in [7, 11) is 0. The molecule has 0 aromatic heterocycles. The van der Waals surface area contributed by atoms with Gasteiger partial charge in [-0.1, -0.05) is 49.0 Å². The summed E-state index contributed by atoms with van der Waals surface area (Å²) in [4.78, 5) is 36.6. The molecule has 23 heavy (non-hydrogen) atoms. The largest absolute Gasteiger partial charge is 0.480 e. The summed E-state index contributed by atoms with van der Waals surface area (Å²) in [6.45, 7) is 3.62. The number of aliphatic carboxylic acids is 1. The Morgan fingerprint density at radius 2 is 1.96 bits per heavy atom. The predicted octanol–water partition coefficient (Wildman–Crippen LogP) is 2.37. The lowest BCUT2D eigenvalue weighted by atomic mass is 9.96. The van der Waals surface area contributed by atoms with Crippen molar-refractivity contribution < 1.29 is 19.5 Å². The number of amides is 1. The highest BCUT2D eigenvalue weighted by Crippen LogP contribution is 2.33. The van der Waals surface area contributed by atoms with Gasteiger partial charge in [0.15, 0.2) is 5.12 Å². The van der Waals surface area contributed by atoms with E-state index in [0.29, 0.717) is 18.7 Å². The number of hydrogen-bond acceptors (Lipinski definition) is 4. The molecule has 5 nitrogen and oxygen atoms in total. The first kappa shape index (κ1) is 17.5. The summed E-state index contributed by atoms with van der Waals surface area (Å²) >= 11 is 1.10. The van der Waals surface area contributed by atoms with Crippen LogP contribution in [0.3, 0.4) is 0 Å². The molecule has 1 aromatic carbocycles. The number of thioether (sulfide) groups is 1. The molecule has 1 amide bonds. The zero-order chi connectivity index (χ0) is 17.0. The van der Waals surface area contributed by atoms with Crippen molar-refractivity contribution in [3.8, 4) is 0 Å². The lowest BCUT2D eigenvalue weighted by Crippen LogP contribution is -2.43. The second-order valence-corrected chi connectivity index (χ2v) is 7.09. The third-order valence-electron chi connectivity index (χ3n) is 4.10. The molecule has 1 aliphatic rings. The SMILES string of the molecule is CC(=O)SCC(C)C(=O)N1C[C@@H](c2ccccc2)C[C@H]1C(=O)O. The number of hydrogen-bond donors (Lipinski definition) is 1. The number of carbonyl (C=O) groups is 3. The zero-order valence-electron chi connectivity index (χ0n) is 13.3. The summed E-state index contributed by atoms with van der Waals surface area (Å²) in [6, 6.07) is 8.89. The second-order valence-electron chi connectivity index (χ2n) is 5.89. The van der Waals surface area contributed by atoms with Crippen LogP contribution in [0, 0.1) is 5.92 Å². The van der Waals surface area contributed by atoms with Crippen LogP contribution < -0.4 is 0 Å². The van der Waals surface area contributed by atoms with Crippen LogP contribution in [0.15, 0.2) is 30.3 Å². The highest BCUT2D eigenvalue weighted by atomic mass is 32.2. The Balaban J connectivity index is 2.11. The normalized spacial score (nSPS) is 21.9. The van der Waals surface area contributed by atoms with Gasteiger partial charge >= 0.3 is 5.97 Å². The topological polar surface area (TPSA) is 74.7 Å². The number of carbonyl (C=O) groups excluding carboxylic acids is 2. The molecule has 1 aromatic rings. The lowest BCUT2D eigenvalue weighted by molar-refractivity contribution is -0.149. The first-order chi connectivity index (χ1) is 10.9. The molecule has 1 heterocycles. The fourth-order valence-corrected chi connectivity index (χ4v) is 3.50. The van der Waals surface area contributed by atoms with Gasteiger partial charge in [-0.3, -0.25) is 9.59 Å². The Kier molecular flexibility index (Phi) is 5.82. The van der Waals surface area contributed by atoms with Crippen molar-refractivity contribution in [2.75, 3.05) is 12.3 Å². The molecule has 1 N–H and O–H groups in total. The molecule has 2 rings (SSSR count). The molecule has 1 unspecified atom stereocenters. The maximum atomic E-state index is 12.6. The van der Waals surface area contributed by atoms with Gasteiger partial charge in [-0.2, -0.15) is 0 Å². The average molecular weight is 335 g/mol. The molecule has 1 aliphatic heterocycles. The van der Waals surface area contributed by atoms with Crippen molar-refractivity contribution in [1.29, 1.82) is 0 Å². The molecule has 3 atom stereocenters. The predicted molar refractivity (Wildman–Crippen MR) is 89.2 cm³/mol. The van der Waals surface area contributed by atoms with E-state index >= 15 is 0 Å². The van der Waals surface area contributed by atoms with Crippen molar-refractivity contribution in [3.05, 3.63) is 35.9 Å². The van der Waals surface area contributed by atoms with Crippen LogP contribution in [0.2, 0.25) is 0 Å². The van der Waals surface area contributed by atoms with Gasteiger partial charge in [-0.25, -0.2) is 4.79 Å². The highest BCUT2D eigenvalue weighted by molar-refractivity contribution is 8.13. The van der Waals surface area contributed by atoms with Gasteiger partial charge < -0.3 is 10.0 Å². The van der Waals surface area contributed by atoms with Crippen LogP contribution in [-0.4, -0.2) is 45.3 Å². The van der Waals surface area contributed by atoms with E-state index in [9.17, 15) is 19.5 Å². The summed E-state index contributed by atoms with van der Waals surface area (Å²) < 4.78 is 0. The van der Waals surface area contributed by atoms with E-state index in [1.165, 1.54) is 11.8 Å². The summed E-state index contributed by atoms with van der Waals surface area (Å²) in [5.74, 6) is -1.12. The van der Waals surface area contributed by atoms with Crippen molar-refractivity contribution in [2.24, 2.45) is 5.92 Å². The average Bonchev–Trinajstić information content (AvgIpc) is 2.98. The van der Waals surface area contributed by atoms with Crippen LogP contribution in [0.25, 0.3) is 0 Å². The van der Waals surface area contributed by atoms with Gasteiger partial charge in [0.1, 0.15) is 6.04 Å². The van der Waals surface area contributed by atoms with Crippen molar-refractivity contribution in [2.45, 2.75) is 32.2 Å². The van der Waals surface area contributed by atoms with Crippen LogP contribution in [-0.2, 0) is 14.4 Å². The van der Waals surface area contributed by atoms with Gasteiger partial charge in [-0.15, -0.1) is 0 Å². The Hall–Kier alpha value is -1.82. The van der Waals surface area contributed by atoms with E-state index < -0.39 is 12.0 Å². The van der Waals surface area contributed by atoms with Gasteiger partial charge in [0.25, 0.3) is 0 Å². The number of carboxylic acids is 1. The van der Waals surface area contributed by atoms with E-state index in [1.807, 2.05) is 30.3 Å². The van der Waals surface area contributed by atoms with E-state index in [2.05, 4.69) is 0 Å². The molecule has 1 fully saturated rings. The Labute approximate surface area is 140 Å². The quantitative estimate of drug-likeness (QED) is 0.894. The van der Waals surface area contributed by atoms with Crippen molar-refractivity contribution >= 4 is 28.8 Å². The molecule has 1 saturated heterocycles. The Morgan fingerprint density at radius 1 is 1.30 bits per heavy atom. The number of rotatable bonds is 5. The van der Waals surface area contributed by atoms with E-state index in [1.54, 1.807) is 6.92 Å². The smallest absolute Gasteiger partial charge is 0.326 e. The van der Waals surface area contributed by atoms with E-state index in [-0.39, 0.29) is 22.9 Å². The van der Waals surface area contributed by atoms with Gasteiger partial charge in [0.05, 0.1) is 0 Å². The maximum absolute atomic E-state index is 12.6. The van der Waals surface area contributed by atoms with Crippen LogP contribution in [0.4, 0.5) is 0 Å². The molecular weight excluding hydrogens is 314 g/mol. The molecule has 6 heteroatoms. The number of benzene rings is 1. The minimum atomic E-state index is -0.969. The van der Waals surface area contributed by atoms with Crippen LogP contribution in [0.1, 0.15) is 31.7 Å². The third kappa shape index (κ3) is 4.34. The van der Waals surface area contributed by atoms with Gasteiger partial charge in [0, 0.05) is 31.1 Å². The molecule has 0 spiro atoms. The number of carboxylic acid groups (broad SMARTS) is 1. The Bertz CT molecular complexity index is 590. The van der Waals surface area contributed by atoms with E-state index in [4.69, 9.17) is 0 Å². The van der Waals surface area contributed by atoms with Crippen molar-refractivity contribution in [1.82, 2.24) is 4.90 Å². The molecular formula is C17H21NO4S. The first-order valence-electron chi connectivity index (χ1n) is 7.61. The fraction of sp³-hybridized carbons (Fsp3) is 0.471. The summed E-state index contributed by atoms with van der Waals surface area (Å²) in [5.41, 5.74) is 1.06. The summed E-state index contributed by atoms with van der Waals surface area (Å²) in [6.07, 6.45) is 0.428. The first-order valence-corrected chi connectivity index (χ1v) is 8.60. The Morgan fingerprint density at radius 3 is 2.52 bits per heavy atom. The number of nitrogens with zero attached hydrogens (tertiary/aromatic N) is 1. The zero-order valence-corrected chi connectivity index (χ0v) is 14.1. The fourth-order valence-electron chi connectivity index (χ4n) is 2.88. The number of likely N-dealkylation sites (tertiary alicyclic amines) is 1.